The molecular formula is C22H18Cl3N5O2. The molecule has 164 valence electrons. The van der Waals surface area contributed by atoms with Crippen molar-refractivity contribution < 1.29 is 9.53 Å². The third-order valence-corrected chi connectivity index (χ3v) is 5.61. The molecule has 0 saturated heterocycles. The Morgan fingerprint density at radius 3 is 2.56 bits per heavy atom. The van der Waals surface area contributed by atoms with E-state index in [0.717, 1.165) is 11.1 Å². The standard InChI is InChI=1S/C22H18Cl3N5O2/c1-14-10-17(4-5-18(14)24)32-13-30-8-6-20(27-30)22(31)26-21-7-9-29(28-21)12-15-2-3-16(23)11-19(15)25/h2-11H,12-13H2,1H3,(H,26,28,31). The number of aromatic nitrogens is 4. The second-order valence-electron chi connectivity index (χ2n) is 7.01. The van der Waals surface area contributed by atoms with Crippen LogP contribution in [0.2, 0.25) is 15.1 Å². The number of aryl methyl sites for hydroxylation is 1. The van der Waals surface area contributed by atoms with Crippen LogP contribution in [0.5, 0.6) is 5.75 Å². The largest absolute Gasteiger partial charge is 0.471 e. The lowest BCUT2D eigenvalue weighted by atomic mass is 10.2. The monoisotopic (exact) mass is 489 g/mol. The number of nitrogens with zero attached hydrogens (tertiary/aromatic N) is 4. The molecule has 0 saturated carbocycles. The molecule has 0 atom stereocenters. The van der Waals surface area contributed by atoms with Crippen LogP contribution in [0, 0.1) is 6.92 Å². The van der Waals surface area contributed by atoms with Crippen molar-refractivity contribution in [3.8, 4) is 5.75 Å². The number of anilines is 1. The molecule has 0 fully saturated rings. The maximum absolute atomic E-state index is 12.5. The fourth-order valence-electron chi connectivity index (χ4n) is 2.92. The molecule has 2 aromatic heterocycles. The second-order valence-corrected chi connectivity index (χ2v) is 8.26. The van der Waals surface area contributed by atoms with Crippen LogP contribution < -0.4 is 10.1 Å². The quantitative estimate of drug-likeness (QED) is 0.361. The molecule has 0 bridgehead atoms. The van der Waals surface area contributed by atoms with Gasteiger partial charge in [-0.3, -0.25) is 9.48 Å². The third-order valence-electron chi connectivity index (χ3n) is 4.60. The number of amides is 1. The molecule has 10 heteroatoms. The zero-order chi connectivity index (χ0) is 22.7. The van der Waals surface area contributed by atoms with E-state index >= 15 is 0 Å². The van der Waals surface area contributed by atoms with E-state index in [1.54, 1.807) is 53.5 Å². The minimum absolute atomic E-state index is 0.158. The summed E-state index contributed by atoms with van der Waals surface area (Å²) >= 11 is 18.2. The van der Waals surface area contributed by atoms with E-state index in [0.29, 0.717) is 33.2 Å². The molecule has 0 radical (unpaired) electrons. The first kappa shape index (κ1) is 22.2. The van der Waals surface area contributed by atoms with Crippen LogP contribution in [0.4, 0.5) is 5.82 Å². The van der Waals surface area contributed by atoms with Gasteiger partial charge in [-0.15, -0.1) is 0 Å². The van der Waals surface area contributed by atoms with E-state index in [-0.39, 0.29) is 18.3 Å². The Hall–Kier alpha value is -3.00. The molecular weight excluding hydrogens is 473 g/mol. The number of ether oxygens (including phenoxy) is 1. The van der Waals surface area contributed by atoms with Crippen LogP contribution in [-0.4, -0.2) is 25.5 Å². The van der Waals surface area contributed by atoms with Gasteiger partial charge in [0.25, 0.3) is 5.91 Å². The van der Waals surface area contributed by atoms with Crippen molar-refractivity contribution in [2.45, 2.75) is 20.2 Å². The summed E-state index contributed by atoms with van der Waals surface area (Å²) in [5, 5.41) is 13.1. The molecule has 2 heterocycles. The lowest BCUT2D eigenvalue weighted by Gasteiger charge is -2.07. The Balaban J connectivity index is 1.34. The highest BCUT2D eigenvalue weighted by atomic mass is 35.5. The van der Waals surface area contributed by atoms with E-state index in [9.17, 15) is 4.79 Å². The SMILES string of the molecule is Cc1cc(OCn2ccc(C(=O)Nc3ccn(Cc4ccc(Cl)cc4Cl)n3)n2)ccc1Cl. The van der Waals surface area contributed by atoms with Crippen LogP contribution >= 0.6 is 34.8 Å². The van der Waals surface area contributed by atoms with Crippen LogP contribution in [0.1, 0.15) is 21.6 Å². The second kappa shape index (κ2) is 9.65. The van der Waals surface area contributed by atoms with Crippen molar-refractivity contribution in [1.82, 2.24) is 19.6 Å². The molecule has 2 aromatic carbocycles. The fraction of sp³-hybridized carbons (Fsp3) is 0.136. The van der Waals surface area contributed by atoms with Gasteiger partial charge >= 0.3 is 0 Å². The average Bonchev–Trinajstić information content (AvgIpc) is 3.40. The molecule has 7 nitrogen and oxygen atoms in total. The number of halogens is 3. The predicted molar refractivity (Wildman–Crippen MR) is 125 cm³/mol. The number of hydrogen-bond donors (Lipinski definition) is 1. The van der Waals surface area contributed by atoms with Crippen molar-refractivity contribution in [3.05, 3.63) is 92.8 Å². The van der Waals surface area contributed by atoms with Crippen molar-refractivity contribution in [3.63, 3.8) is 0 Å². The average molecular weight is 491 g/mol. The van der Waals surface area contributed by atoms with Gasteiger partial charge in [0.1, 0.15) is 5.75 Å². The van der Waals surface area contributed by atoms with Gasteiger partial charge in [0.2, 0.25) is 0 Å². The van der Waals surface area contributed by atoms with Gasteiger partial charge in [0.05, 0.1) is 6.54 Å². The van der Waals surface area contributed by atoms with Gasteiger partial charge in [0, 0.05) is 33.5 Å². The molecule has 1 N–H and O–H groups in total. The van der Waals surface area contributed by atoms with Gasteiger partial charge < -0.3 is 10.1 Å². The van der Waals surface area contributed by atoms with Gasteiger partial charge in [-0.25, -0.2) is 4.68 Å². The summed E-state index contributed by atoms with van der Waals surface area (Å²) < 4.78 is 8.89. The minimum Gasteiger partial charge on any atom is -0.471 e. The maximum Gasteiger partial charge on any atom is 0.277 e. The summed E-state index contributed by atoms with van der Waals surface area (Å²) in [6.07, 6.45) is 3.42. The predicted octanol–water partition coefficient (Wildman–Crippen LogP) is 5.69. The normalized spacial score (nSPS) is 10.9. The number of benzene rings is 2. The number of carbonyl (C=O) groups is 1. The summed E-state index contributed by atoms with van der Waals surface area (Å²) in [5.74, 6) is 0.697. The van der Waals surface area contributed by atoms with Crippen LogP contribution in [0.15, 0.2) is 60.9 Å². The third kappa shape index (κ3) is 5.43. The Bertz CT molecular complexity index is 1270. The highest BCUT2D eigenvalue weighted by molar-refractivity contribution is 6.35. The molecule has 0 spiro atoms. The van der Waals surface area contributed by atoms with Crippen LogP contribution in [0.3, 0.4) is 0 Å². The molecule has 0 unspecified atom stereocenters. The Kier molecular flexibility index (Phi) is 6.69. The van der Waals surface area contributed by atoms with Crippen molar-refractivity contribution in [2.24, 2.45) is 0 Å². The molecule has 32 heavy (non-hydrogen) atoms. The number of carbonyl (C=O) groups excluding carboxylic acids is 1. The fourth-order valence-corrected chi connectivity index (χ4v) is 3.51. The summed E-state index contributed by atoms with van der Waals surface area (Å²) in [4.78, 5) is 12.5. The van der Waals surface area contributed by atoms with Crippen molar-refractivity contribution in [2.75, 3.05) is 5.32 Å². The Labute approximate surface area is 199 Å². The minimum atomic E-state index is -0.374. The van der Waals surface area contributed by atoms with Gasteiger partial charge in [0.15, 0.2) is 18.2 Å². The van der Waals surface area contributed by atoms with Gasteiger partial charge in [-0.2, -0.15) is 10.2 Å². The van der Waals surface area contributed by atoms with Gasteiger partial charge in [-0.05, 0) is 54.4 Å². The number of hydrogen-bond acceptors (Lipinski definition) is 4. The highest BCUT2D eigenvalue weighted by Crippen LogP contribution is 2.22. The lowest BCUT2D eigenvalue weighted by Crippen LogP contribution is -2.15. The van der Waals surface area contributed by atoms with E-state index in [2.05, 4.69) is 15.5 Å². The molecule has 0 aliphatic carbocycles. The van der Waals surface area contributed by atoms with E-state index in [4.69, 9.17) is 39.5 Å². The zero-order valence-electron chi connectivity index (χ0n) is 16.9. The van der Waals surface area contributed by atoms with E-state index in [1.165, 1.54) is 4.68 Å². The molecule has 4 rings (SSSR count). The maximum atomic E-state index is 12.5. The van der Waals surface area contributed by atoms with Crippen LogP contribution in [0.25, 0.3) is 0 Å². The molecule has 4 aromatic rings. The number of nitrogens with one attached hydrogen (secondary N) is 1. The first-order valence-corrected chi connectivity index (χ1v) is 10.7. The number of rotatable bonds is 7. The molecule has 0 aliphatic heterocycles. The van der Waals surface area contributed by atoms with Crippen molar-refractivity contribution >= 4 is 46.5 Å². The summed E-state index contributed by atoms with van der Waals surface area (Å²) in [6.45, 7) is 2.50. The molecule has 1 amide bonds. The van der Waals surface area contributed by atoms with E-state index in [1.807, 2.05) is 19.1 Å². The van der Waals surface area contributed by atoms with E-state index < -0.39 is 0 Å². The first-order valence-electron chi connectivity index (χ1n) is 9.58. The summed E-state index contributed by atoms with van der Waals surface area (Å²) in [5.41, 5.74) is 2.03. The molecule has 0 aliphatic rings. The summed E-state index contributed by atoms with van der Waals surface area (Å²) in [7, 11) is 0. The van der Waals surface area contributed by atoms with Crippen molar-refractivity contribution in [1.29, 1.82) is 0 Å². The smallest absolute Gasteiger partial charge is 0.277 e. The lowest BCUT2D eigenvalue weighted by molar-refractivity contribution is 0.101. The highest BCUT2D eigenvalue weighted by Gasteiger charge is 2.12. The first-order chi connectivity index (χ1) is 15.4. The topological polar surface area (TPSA) is 74.0 Å². The Morgan fingerprint density at radius 2 is 1.78 bits per heavy atom. The zero-order valence-corrected chi connectivity index (χ0v) is 19.2. The van der Waals surface area contributed by atoms with Crippen LogP contribution in [-0.2, 0) is 13.3 Å². The Morgan fingerprint density at radius 1 is 0.969 bits per heavy atom. The van der Waals surface area contributed by atoms with Gasteiger partial charge in [-0.1, -0.05) is 40.9 Å². The summed E-state index contributed by atoms with van der Waals surface area (Å²) in [6, 6.07) is 14.0.